The van der Waals surface area contributed by atoms with Crippen LogP contribution in [0.3, 0.4) is 0 Å². The molecule has 0 aromatic heterocycles. The largest absolute Gasteiger partial charge is 0.454 e. The van der Waals surface area contributed by atoms with E-state index in [9.17, 15) is 35.1 Å². The molecule has 0 spiro atoms. The van der Waals surface area contributed by atoms with Crippen molar-refractivity contribution in [2.45, 2.75) is 352 Å². The summed E-state index contributed by atoms with van der Waals surface area (Å²) in [6.07, 6.45) is 61.2. The van der Waals surface area contributed by atoms with Crippen molar-refractivity contribution in [3.8, 4) is 0 Å². The Morgan fingerprint density at radius 1 is 0.487 bits per heavy atom. The van der Waals surface area contributed by atoms with Gasteiger partial charge in [-0.1, -0.05) is 287 Å². The van der Waals surface area contributed by atoms with Gasteiger partial charge in [0.15, 0.2) is 12.4 Å². The van der Waals surface area contributed by atoms with Crippen molar-refractivity contribution in [2.24, 2.45) is 0 Å². The Balaban J connectivity index is 2.54. The third kappa shape index (κ3) is 44.0. The van der Waals surface area contributed by atoms with Gasteiger partial charge in [0.1, 0.15) is 24.4 Å². The molecule has 0 saturated carbocycles. The normalized spacial score (nSPS) is 19.1. The van der Waals surface area contributed by atoms with Gasteiger partial charge in [0.25, 0.3) is 0 Å². The summed E-state index contributed by atoms with van der Waals surface area (Å²) in [5, 5.41) is 57.0. The summed E-state index contributed by atoms with van der Waals surface area (Å²) in [7, 11) is 0. The maximum Gasteiger partial charge on any atom is 0.306 e. The van der Waals surface area contributed by atoms with Crippen LogP contribution < -0.4 is 5.32 Å². The van der Waals surface area contributed by atoms with Crippen LogP contribution in [0, 0.1) is 0 Å². The lowest BCUT2D eigenvalue weighted by molar-refractivity contribution is -0.305. The lowest BCUT2D eigenvalue weighted by Crippen LogP contribution is -2.61. The van der Waals surface area contributed by atoms with Crippen molar-refractivity contribution in [3.05, 3.63) is 60.8 Å². The van der Waals surface area contributed by atoms with E-state index in [1.807, 2.05) is 6.08 Å². The second kappa shape index (κ2) is 56.8. The van der Waals surface area contributed by atoms with Crippen LogP contribution in [0.2, 0.25) is 0 Å². The molecule has 1 rings (SSSR count). The van der Waals surface area contributed by atoms with Crippen LogP contribution in [0.15, 0.2) is 60.8 Å². The molecule has 1 heterocycles. The topological polar surface area (TPSA) is 175 Å². The maximum atomic E-state index is 13.4. The van der Waals surface area contributed by atoms with E-state index < -0.39 is 67.4 Å². The number of aliphatic hydroxyl groups excluding tert-OH is 5. The van der Waals surface area contributed by atoms with Gasteiger partial charge in [0.2, 0.25) is 5.91 Å². The van der Waals surface area contributed by atoms with Crippen molar-refractivity contribution in [2.75, 3.05) is 13.2 Å². The molecule has 0 radical (unpaired) electrons. The number of hydrogen-bond donors (Lipinski definition) is 6. The number of ether oxygens (including phenoxy) is 3. The zero-order valence-corrected chi connectivity index (χ0v) is 51.7. The zero-order chi connectivity index (χ0) is 58.2. The first-order chi connectivity index (χ1) is 39.2. The van der Waals surface area contributed by atoms with E-state index in [0.29, 0.717) is 19.3 Å². The monoisotopic (exact) mass is 1130 g/mol. The number of carbonyl (C=O) groups excluding carboxylic acids is 2. The standard InChI is InChI=1S/C69H125NO10/c1-4-7-10-13-16-19-22-24-25-26-27-28-29-30-31-32-33-34-35-36-37-39-42-45-48-51-54-57-64(74)80-67-66(76)65(75)63(58-71)79-69(67)78-59-60(61(72)55-52-49-46-43-40-21-18-15-12-9-6-3)70-68(77)62(73)56-53-50-47-44-41-38-23-20-17-14-11-8-5-2/h16,19,24-25,27-28,30-31,52,55,60-63,65-67,69,71-73,75-76H,4-15,17-18,20-23,26,29,32-51,53-54,56-59H2,1-3H3,(H,70,77)/b19-16-,25-24-,28-27-,31-30-,55-52+. The van der Waals surface area contributed by atoms with Crippen molar-refractivity contribution in [3.63, 3.8) is 0 Å². The summed E-state index contributed by atoms with van der Waals surface area (Å²) in [6.45, 7) is 5.77. The zero-order valence-electron chi connectivity index (χ0n) is 51.7. The third-order valence-electron chi connectivity index (χ3n) is 15.7. The third-order valence-corrected chi connectivity index (χ3v) is 15.7. The molecule has 1 aliphatic rings. The number of nitrogens with one attached hydrogen (secondary N) is 1. The summed E-state index contributed by atoms with van der Waals surface area (Å²) < 4.78 is 17.6. The van der Waals surface area contributed by atoms with Crippen LogP contribution in [0.5, 0.6) is 0 Å². The van der Waals surface area contributed by atoms with Gasteiger partial charge in [0.05, 0.1) is 25.4 Å². The molecule has 0 aromatic carbocycles. The minimum Gasteiger partial charge on any atom is -0.454 e. The fraction of sp³-hybridized carbons (Fsp3) is 0.826. The number of rotatable bonds is 57. The van der Waals surface area contributed by atoms with E-state index in [0.717, 1.165) is 83.5 Å². The number of carbonyl (C=O) groups is 2. The molecule has 1 saturated heterocycles. The van der Waals surface area contributed by atoms with Crippen molar-refractivity contribution >= 4 is 11.9 Å². The smallest absolute Gasteiger partial charge is 0.306 e. The Bertz CT molecular complexity index is 1530. The first kappa shape index (κ1) is 75.4. The van der Waals surface area contributed by atoms with E-state index in [4.69, 9.17) is 14.2 Å². The fourth-order valence-electron chi connectivity index (χ4n) is 10.3. The van der Waals surface area contributed by atoms with Gasteiger partial charge < -0.3 is 45.1 Å². The van der Waals surface area contributed by atoms with Crippen LogP contribution in [0.1, 0.15) is 303 Å². The van der Waals surface area contributed by atoms with Gasteiger partial charge in [-0.3, -0.25) is 9.59 Å². The average molecular weight is 1130 g/mol. The van der Waals surface area contributed by atoms with Crippen LogP contribution in [0.25, 0.3) is 0 Å². The highest BCUT2D eigenvalue weighted by Crippen LogP contribution is 2.26. The van der Waals surface area contributed by atoms with Gasteiger partial charge in [0, 0.05) is 6.42 Å². The van der Waals surface area contributed by atoms with Crippen LogP contribution in [0.4, 0.5) is 0 Å². The average Bonchev–Trinajstić information content (AvgIpc) is 3.46. The van der Waals surface area contributed by atoms with Crippen molar-refractivity contribution in [1.82, 2.24) is 5.32 Å². The highest BCUT2D eigenvalue weighted by atomic mass is 16.7. The fourth-order valence-corrected chi connectivity index (χ4v) is 10.3. The van der Waals surface area contributed by atoms with E-state index in [2.05, 4.69) is 74.7 Å². The lowest BCUT2D eigenvalue weighted by atomic mass is 9.99. The van der Waals surface area contributed by atoms with Gasteiger partial charge >= 0.3 is 5.97 Å². The molecular formula is C69H125NO10. The molecular weight excluding hydrogens is 1000 g/mol. The number of allylic oxidation sites excluding steroid dienone is 9. The summed E-state index contributed by atoms with van der Waals surface area (Å²) in [6, 6.07) is -1.02. The predicted octanol–water partition coefficient (Wildman–Crippen LogP) is 16.6. The summed E-state index contributed by atoms with van der Waals surface area (Å²) in [5.41, 5.74) is 0. The van der Waals surface area contributed by atoms with Crippen molar-refractivity contribution < 1.29 is 49.3 Å². The van der Waals surface area contributed by atoms with Crippen LogP contribution in [-0.4, -0.2) is 99.6 Å². The van der Waals surface area contributed by atoms with Gasteiger partial charge in [-0.25, -0.2) is 0 Å². The minimum absolute atomic E-state index is 0.120. The maximum absolute atomic E-state index is 13.4. The molecule has 11 heteroatoms. The second-order valence-corrected chi connectivity index (χ2v) is 23.2. The Hall–Kier alpha value is -2.64. The molecule has 1 aliphatic heterocycles. The van der Waals surface area contributed by atoms with E-state index in [1.165, 1.54) is 173 Å². The molecule has 1 amide bonds. The molecule has 80 heavy (non-hydrogen) atoms. The van der Waals surface area contributed by atoms with Crippen molar-refractivity contribution in [1.29, 1.82) is 0 Å². The van der Waals surface area contributed by atoms with Crippen LogP contribution >= 0.6 is 0 Å². The SMILES string of the molecule is CCCCC/C=C\C/C=C\C/C=C\C/C=C\CCCCCCCCCCCCCC(=O)OC1C(OCC(NC(=O)C(O)CCCCCCCCCCCCCCC)C(O)/C=C/CCCCCCCCCCC)OC(CO)C(O)C1O. The summed E-state index contributed by atoms with van der Waals surface area (Å²) in [5.74, 6) is -1.19. The first-order valence-electron chi connectivity index (χ1n) is 33.6. The Morgan fingerprint density at radius 2 is 0.863 bits per heavy atom. The number of hydrogen-bond acceptors (Lipinski definition) is 10. The predicted molar refractivity (Wildman–Crippen MR) is 333 cm³/mol. The second-order valence-electron chi connectivity index (χ2n) is 23.2. The molecule has 8 atom stereocenters. The number of amides is 1. The Labute approximate surface area is 490 Å². The molecule has 6 N–H and O–H groups in total. The van der Waals surface area contributed by atoms with E-state index in [-0.39, 0.29) is 13.0 Å². The van der Waals surface area contributed by atoms with Gasteiger partial charge in [-0.15, -0.1) is 0 Å². The molecule has 11 nitrogen and oxygen atoms in total. The van der Waals surface area contributed by atoms with Gasteiger partial charge in [-0.05, 0) is 70.6 Å². The Morgan fingerprint density at radius 3 is 1.31 bits per heavy atom. The first-order valence-corrected chi connectivity index (χ1v) is 33.6. The molecule has 466 valence electrons. The van der Waals surface area contributed by atoms with Crippen LogP contribution in [-0.2, 0) is 23.8 Å². The Kier molecular flexibility index (Phi) is 53.5. The minimum atomic E-state index is -1.61. The molecule has 0 aliphatic carbocycles. The quantitative estimate of drug-likeness (QED) is 0.0195. The van der Waals surface area contributed by atoms with Gasteiger partial charge in [-0.2, -0.15) is 0 Å². The van der Waals surface area contributed by atoms with E-state index >= 15 is 0 Å². The molecule has 1 fully saturated rings. The number of esters is 1. The molecule has 0 aromatic rings. The highest BCUT2D eigenvalue weighted by molar-refractivity contribution is 5.80. The summed E-state index contributed by atoms with van der Waals surface area (Å²) in [4.78, 5) is 26.6. The lowest BCUT2D eigenvalue weighted by Gasteiger charge is -2.41. The number of unbranched alkanes of at least 4 members (excludes halogenated alkanes) is 35. The number of aliphatic hydroxyl groups is 5. The molecule has 0 bridgehead atoms. The highest BCUT2D eigenvalue weighted by Gasteiger charge is 2.47. The molecule has 8 unspecified atom stereocenters. The summed E-state index contributed by atoms with van der Waals surface area (Å²) >= 11 is 0. The van der Waals surface area contributed by atoms with E-state index in [1.54, 1.807) is 6.08 Å².